The van der Waals surface area contributed by atoms with Gasteiger partial charge < -0.3 is 0 Å². The van der Waals surface area contributed by atoms with Gasteiger partial charge in [0.05, 0.1) is 23.0 Å². The van der Waals surface area contributed by atoms with E-state index in [9.17, 15) is 0 Å². The number of halogens is 1. The van der Waals surface area contributed by atoms with Gasteiger partial charge in [-0.2, -0.15) is 17.7 Å². The summed E-state index contributed by atoms with van der Waals surface area (Å²) in [5, 5.41) is 5.05. The normalized spacial score (nSPS) is 11.4. The first kappa shape index (κ1) is 10.7. The average molecular weight is 217 g/mol. The van der Waals surface area contributed by atoms with E-state index in [-0.39, 0.29) is 0 Å². The van der Waals surface area contributed by atoms with E-state index in [0.717, 1.165) is 28.7 Å². The number of aryl methyl sites for hydroxylation is 1. The predicted octanol–water partition coefficient (Wildman–Crippen LogP) is 2.64. The van der Waals surface area contributed by atoms with Crippen molar-refractivity contribution in [3.8, 4) is 0 Å². The minimum Gasteiger partial charge on any atom is -0.264 e. The molecule has 0 amide bonds. The monoisotopic (exact) mass is 216 g/mol. The smallest absolute Gasteiger partial charge is 0.0844 e. The zero-order valence-corrected chi connectivity index (χ0v) is 9.44. The van der Waals surface area contributed by atoms with Crippen LogP contribution in [0.25, 0.3) is 0 Å². The number of rotatable bonds is 3. The maximum atomic E-state index is 5.99. The minimum atomic E-state index is 0.757. The van der Waals surface area contributed by atoms with Crippen molar-refractivity contribution in [3.05, 3.63) is 28.6 Å². The van der Waals surface area contributed by atoms with Crippen LogP contribution in [0.2, 0.25) is 5.02 Å². The lowest BCUT2D eigenvalue weighted by atomic mass is 10.4. The van der Waals surface area contributed by atoms with Crippen molar-refractivity contribution >= 4 is 24.2 Å². The summed E-state index contributed by atoms with van der Waals surface area (Å²) in [6, 6.07) is 0. The van der Waals surface area contributed by atoms with Gasteiger partial charge >= 0.3 is 0 Å². The molecule has 0 aromatic carbocycles. The molecule has 13 heavy (non-hydrogen) atoms. The fourth-order valence-electron chi connectivity index (χ4n) is 1.10. The SMILES string of the molecule is Cc1nn(CC=CCS)c(C)c1Cl. The van der Waals surface area contributed by atoms with Gasteiger partial charge in [0.2, 0.25) is 0 Å². The van der Waals surface area contributed by atoms with Crippen LogP contribution in [0.3, 0.4) is 0 Å². The molecular formula is C9H13ClN2S. The van der Waals surface area contributed by atoms with Crippen LogP contribution in [0.4, 0.5) is 0 Å². The summed E-state index contributed by atoms with van der Waals surface area (Å²) in [6.07, 6.45) is 4.02. The number of nitrogens with zero attached hydrogens (tertiary/aromatic N) is 2. The quantitative estimate of drug-likeness (QED) is 0.608. The number of thiol groups is 1. The third kappa shape index (κ3) is 2.51. The summed E-state index contributed by atoms with van der Waals surface area (Å²) >= 11 is 10.1. The second-order valence-corrected chi connectivity index (χ2v) is 3.56. The number of hydrogen-bond donors (Lipinski definition) is 1. The first-order valence-electron chi connectivity index (χ1n) is 4.12. The molecule has 0 aliphatic rings. The molecule has 72 valence electrons. The second kappa shape index (κ2) is 4.72. The highest BCUT2D eigenvalue weighted by molar-refractivity contribution is 7.80. The largest absolute Gasteiger partial charge is 0.264 e. The Morgan fingerprint density at radius 3 is 2.62 bits per heavy atom. The van der Waals surface area contributed by atoms with Gasteiger partial charge in [0.1, 0.15) is 0 Å². The molecule has 0 atom stereocenters. The van der Waals surface area contributed by atoms with E-state index in [0.29, 0.717) is 0 Å². The zero-order chi connectivity index (χ0) is 9.84. The molecule has 0 spiro atoms. The van der Waals surface area contributed by atoms with Crippen LogP contribution in [0.1, 0.15) is 11.4 Å². The van der Waals surface area contributed by atoms with E-state index in [1.807, 2.05) is 30.7 Å². The molecule has 0 radical (unpaired) electrons. The maximum Gasteiger partial charge on any atom is 0.0844 e. The summed E-state index contributed by atoms with van der Waals surface area (Å²) in [7, 11) is 0. The molecule has 2 nitrogen and oxygen atoms in total. The highest BCUT2D eigenvalue weighted by atomic mass is 35.5. The molecule has 0 saturated carbocycles. The second-order valence-electron chi connectivity index (χ2n) is 2.82. The van der Waals surface area contributed by atoms with Gasteiger partial charge in [0.25, 0.3) is 0 Å². The lowest BCUT2D eigenvalue weighted by molar-refractivity contribution is 0.672. The fraction of sp³-hybridized carbons (Fsp3) is 0.444. The molecule has 0 saturated heterocycles. The fourth-order valence-corrected chi connectivity index (χ4v) is 1.39. The first-order chi connectivity index (χ1) is 6.16. The highest BCUT2D eigenvalue weighted by Gasteiger charge is 2.06. The molecule has 0 fully saturated rings. The third-order valence-electron chi connectivity index (χ3n) is 1.84. The molecule has 0 bridgehead atoms. The van der Waals surface area contributed by atoms with Crippen molar-refractivity contribution in [3.63, 3.8) is 0 Å². The van der Waals surface area contributed by atoms with Gasteiger partial charge in [-0.3, -0.25) is 4.68 Å². The first-order valence-corrected chi connectivity index (χ1v) is 5.13. The van der Waals surface area contributed by atoms with E-state index in [2.05, 4.69) is 17.7 Å². The van der Waals surface area contributed by atoms with Crippen LogP contribution in [0.15, 0.2) is 12.2 Å². The Labute approximate surface area is 89.0 Å². The summed E-state index contributed by atoms with van der Waals surface area (Å²) in [5.41, 5.74) is 1.90. The third-order valence-corrected chi connectivity index (χ3v) is 2.60. The van der Waals surface area contributed by atoms with Crippen molar-refractivity contribution in [1.29, 1.82) is 0 Å². The number of aromatic nitrogens is 2. The van der Waals surface area contributed by atoms with Crippen LogP contribution in [0.5, 0.6) is 0 Å². The summed E-state index contributed by atoms with van der Waals surface area (Å²) in [4.78, 5) is 0. The Morgan fingerprint density at radius 2 is 2.15 bits per heavy atom. The van der Waals surface area contributed by atoms with E-state index >= 15 is 0 Å². The topological polar surface area (TPSA) is 17.8 Å². The van der Waals surface area contributed by atoms with Crippen molar-refractivity contribution in [2.45, 2.75) is 20.4 Å². The van der Waals surface area contributed by atoms with Crippen LogP contribution in [0, 0.1) is 13.8 Å². The van der Waals surface area contributed by atoms with Gasteiger partial charge in [0.15, 0.2) is 0 Å². The Morgan fingerprint density at radius 1 is 1.46 bits per heavy atom. The van der Waals surface area contributed by atoms with Gasteiger partial charge in [-0.05, 0) is 13.8 Å². The molecule has 1 rings (SSSR count). The predicted molar refractivity (Wildman–Crippen MR) is 59.7 cm³/mol. The molecular weight excluding hydrogens is 204 g/mol. The lowest BCUT2D eigenvalue weighted by Crippen LogP contribution is -1.99. The number of hydrogen-bond acceptors (Lipinski definition) is 2. The van der Waals surface area contributed by atoms with E-state index in [1.54, 1.807) is 0 Å². The van der Waals surface area contributed by atoms with Crippen molar-refractivity contribution in [2.24, 2.45) is 0 Å². The molecule has 0 N–H and O–H groups in total. The molecule has 0 aliphatic heterocycles. The van der Waals surface area contributed by atoms with E-state index in [1.165, 1.54) is 0 Å². The van der Waals surface area contributed by atoms with Crippen molar-refractivity contribution in [1.82, 2.24) is 9.78 Å². The van der Waals surface area contributed by atoms with Crippen LogP contribution >= 0.6 is 24.2 Å². The summed E-state index contributed by atoms with van der Waals surface area (Å²) in [6.45, 7) is 4.64. The highest BCUT2D eigenvalue weighted by Crippen LogP contribution is 2.18. The van der Waals surface area contributed by atoms with Crippen LogP contribution in [-0.4, -0.2) is 15.5 Å². The standard InChI is InChI=1S/C9H13ClN2S/c1-7-9(10)8(2)12(11-7)5-3-4-6-13/h3-4,13H,5-6H2,1-2H3. The van der Waals surface area contributed by atoms with Gasteiger partial charge in [0, 0.05) is 5.75 Å². The Kier molecular flexibility index (Phi) is 3.88. The Bertz CT molecular complexity index is 318. The molecule has 1 heterocycles. The zero-order valence-electron chi connectivity index (χ0n) is 7.79. The molecule has 4 heteroatoms. The molecule has 1 aromatic rings. The summed E-state index contributed by atoms with van der Waals surface area (Å²) < 4.78 is 1.89. The van der Waals surface area contributed by atoms with Gasteiger partial charge in [-0.15, -0.1) is 0 Å². The molecule has 0 unspecified atom stereocenters. The maximum absolute atomic E-state index is 5.99. The van der Waals surface area contributed by atoms with Crippen molar-refractivity contribution < 1.29 is 0 Å². The van der Waals surface area contributed by atoms with Gasteiger partial charge in [-0.25, -0.2) is 0 Å². The van der Waals surface area contributed by atoms with Crippen molar-refractivity contribution in [2.75, 3.05) is 5.75 Å². The lowest BCUT2D eigenvalue weighted by Gasteiger charge is -1.98. The minimum absolute atomic E-state index is 0.757. The van der Waals surface area contributed by atoms with Gasteiger partial charge in [-0.1, -0.05) is 23.8 Å². The van der Waals surface area contributed by atoms with E-state index in [4.69, 9.17) is 11.6 Å². The average Bonchev–Trinajstić information content (AvgIpc) is 2.34. The molecule has 0 aliphatic carbocycles. The van der Waals surface area contributed by atoms with Crippen LogP contribution in [-0.2, 0) is 6.54 Å². The van der Waals surface area contributed by atoms with E-state index < -0.39 is 0 Å². The Balaban J connectivity index is 2.78. The Hall–Kier alpha value is -0.410. The number of allylic oxidation sites excluding steroid dienone is 1. The summed E-state index contributed by atoms with van der Waals surface area (Å²) in [5.74, 6) is 0.757. The van der Waals surface area contributed by atoms with Crippen LogP contribution < -0.4 is 0 Å². The molecule has 1 aromatic heterocycles.